The van der Waals surface area contributed by atoms with Gasteiger partial charge < -0.3 is 10.8 Å². The number of carbonyl (C=O) groups is 2. The molecule has 0 aromatic heterocycles. The Labute approximate surface area is 127 Å². The van der Waals surface area contributed by atoms with Crippen molar-refractivity contribution in [1.82, 2.24) is 10.4 Å². The number of hydrogen-bond acceptors (Lipinski definition) is 4. The first kappa shape index (κ1) is 14.5. The fourth-order valence-corrected chi connectivity index (χ4v) is 2.76. The summed E-state index contributed by atoms with van der Waals surface area (Å²) in [6, 6.07) is 12.4. The Morgan fingerprint density at radius 3 is 2.77 bits per heavy atom. The second-order valence-corrected chi connectivity index (χ2v) is 5.48. The fourth-order valence-electron chi connectivity index (χ4n) is 2.76. The summed E-state index contributed by atoms with van der Waals surface area (Å²) >= 11 is 0. The summed E-state index contributed by atoms with van der Waals surface area (Å²) in [5, 5.41) is 12.9. The molecule has 1 aliphatic heterocycles. The lowest BCUT2D eigenvalue weighted by atomic mass is 10.0. The van der Waals surface area contributed by atoms with Gasteiger partial charge in [0.25, 0.3) is 0 Å². The molecule has 0 unspecified atom stereocenters. The van der Waals surface area contributed by atoms with Crippen molar-refractivity contribution in [2.45, 2.75) is 25.0 Å². The van der Waals surface area contributed by atoms with Gasteiger partial charge in [0.15, 0.2) is 0 Å². The van der Waals surface area contributed by atoms with Gasteiger partial charge in [-0.1, -0.05) is 36.4 Å². The van der Waals surface area contributed by atoms with Crippen LogP contribution in [0.2, 0.25) is 0 Å². The number of aliphatic carboxylic acids is 1. The number of rotatable bonds is 4. The zero-order valence-corrected chi connectivity index (χ0v) is 11.9. The first-order valence-electron chi connectivity index (χ1n) is 7.07. The molecule has 3 rings (SSSR count). The lowest BCUT2D eigenvalue weighted by Gasteiger charge is -2.25. The van der Waals surface area contributed by atoms with Crippen LogP contribution in [0.5, 0.6) is 0 Å². The van der Waals surface area contributed by atoms with E-state index < -0.39 is 18.1 Å². The summed E-state index contributed by atoms with van der Waals surface area (Å²) < 4.78 is 0. The van der Waals surface area contributed by atoms with Crippen molar-refractivity contribution in [2.75, 3.05) is 0 Å². The van der Waals surface area contributed by atoms with Crippen LogP contribution >= 0.6 is 0 Å². The van der Waals surface area contributed by atoms with E-state index in [-0.39, 0.29) is 12.3 Å². The first-order valence-corrected chi connectivity index (χ1v) is 7.07. The number of nitrogens with zero attached hydrogens (tertiary/aromatic N) is 1. The van der Waals surface area contributed by atoms with Crippen LogP contribution in [-0.2, 0) is 16.1 Å². The SMILES string of the molecule is N[C@H](C(=O)O)[C@@H]1CC(=O)NN1Cc1ccc2ccccc2c1. The largest absolute Gasteiger partial charge is 0.480 e. The Balaban J connectivity index is 1.83. The quantitative estimate of drug-likeness (QED) is 0.778. The molecule has 1 fully saturated rings. The molecule has 2 atom stereocenters. The fraction of sp³-hybridized carbons (Fsp3) is 0.250. The van der Waals surface area contributed by atoms with Crippen molar-refractivity contribution < 1.29 is 14.7 Å². The molecular weight excluding hydrogens is 282 g/mol. The van der Waals surface area contributed by atoms with Crippen molar-refractivity contribution in [2.24, 2.45) is 5.73 Å². The number of benzene rings is 2. The number of hydrazine groups is 1. The van der Waals surface area contributed by atoms with Gasteiger partial charge in [-0.05, 0) is 22.4 Å². The van der Waals surface area contributed by atoms with E-state index in [1.807, 2.05) is 42.5 Å². The van der Waals surface area contributed by atoms with Gasteiger partial charge in [-0.15, -0.1) is 0 Å². The third kappa shape index (κ3) is 2.79. The van der Waals surface area contributed by atoms with Crippen LogP contribution in [0.4, 0.5) is 0 Å². The maximum atomic E-state index is 11.6. The van der Waals surface area contributed by atoms with Crippen LogP contribution in [0.25, 0.3) is 10.8 Å². The molecule has 1 aliphatic rings. The normalized spacial score (nSPS) is 20.0. The molecular formula is C16H17N3O3. The van der Waals surface area contributed by atoms with E-state index in [0.717, 1.165) is 16.3 Å². The third-order valence-electron chi connectivity index (χ3n) is 3.93. The average molecular weight is 299 g/mol. The Bertz CT molecular complexity index is 731. The third-order valence-corrected chi connectivity index (χ3v) is 3.93. The lowest BCUT2D eigenvalue weighted by Crippen LogP contribution is -2.50. The Hall–Kier alpha value is -2.44. The second kappa shape index (κ2) is 5.75. The van der Waals surface area contributed by atoms with Gasteiger partial charge in [0.2, 0.25) is 5.91 Å². The topological polar surface area (TPSA) is 95.7 Å². The van der Waals surface area contributed by atoms with E-state index in [0.29, 0.717) is 6.54 Å². The number of nitrogens with one attached hydrogen (secondary N) is 1. The van der Waals surface area contributed by atoms with Crippen LogP contribution in [0.1, 0.15) is 12.0 Å². The number of carbonyl (C=O) groups excluding carboxylic acids is 1. The number of carboxylic acid groups (broad SMARTS) is 1. The van der Waals surface area contributed by atoms with Gasteiger partial charge in [-0.3, -0.25) is 15.0 Å². The van der Waals surface area contributed by atoms with Crippen molar-refractivity contribution in [1.29, 1.82) is 0 Å². The van der Waals surface area contributed by atoms with E-state index in [4.69, 9.17) is 10.8 Å². The van der Waals surface area contributed by atoms with Crippen molar-refractivity contribution in [3.05, 3.63) is 48.0 Å². The van der Waals surface area contributed by atoms with Crippen LogP contribution in [0.3, 0.4) is 0 Å². The molecule has 4 N–H and O–H groups in total. The highest BCUT2D eigenvalue weighted by molar-refractivity contribution is 5.83. The highest BCUT2D eigenvalue weighted by Crippen LogP contribution is 2.20. The molecule has 1 heterocycles. The molecule has 0 radical (unpaired) electrons. The zero-order valence-electron chi connectivity index (χ0n) is 11.9. The number of hydrogen-bond donors (Lipinski definition) is 3. The number of amides is 1. The predicted molar refractivity (Wildman–Crippen MR) is 81.6 cm³/mol. The molecule has 0 spiro atoms. The lowest BCUT2D eigenvalue weighted by molar-refractivity contribution is -0.140. The molecule has 1 saturated heterocycles. The standard InChI is InChI=1S/C16H17N3O3/c17-15(16(21)22)13-8-14(20)18-19(13)9-10-5-6-11-3-1-2-4-12(11)7-10/h1-7,13,15H,8-9,17H2,(H,18,20)(H,21,22)/t13-,15-/m0/s1. The summed E-state index contributed by atoms with van der Waals surface area (Å²) in [5.41, 5.74) is 9.36. The summed E-state index contributed by atoms with van der Waals surface area (Å²) in [5.74, 6) is -1.31. The number of fused-ring (bicyclic) bond motifs is 1. The number of nitrogens with two attached hydrogens (primary N) is 1. The maximum absolute atomic E-state index is 11.6. The molecule has 0 saturated carbocycles. The Kier molecular flexibility index (Phi) is 3.79. The molecule has 2 aromatic rings. The van der Waals surface area contributed by atoms with E-state index in [9.17, 15) is 9.59 Å². The van der Waals surface area contributed by atoms with Gasteiger partial charge in [0.1, 0.15) is 6.04 Å². The highest BCUT2D eigenvalue weighted by atomic mass is 16.4. The Morgan fingerprint density at radius 1 is 1.32 bits per heavy atom. The van der Waals surface area contributed by atoms with E-state index >= 15 is 0 Å². The highest BCUT2D eigenvalue weighted by Gasteiger charge is 2.37. The van der Waals surface area contributed by atoms with Crippen molar-refractivity contribution in [3.63, 3.8) is 0 Å². The van der Waals surface area contributed by atoms with E-state index in [1.165, 1.54) is 0 Å². The van der Waals surface area contributed by atoms with Gasteiger partial charge in [-0.25, -0.2) is 5.01 Å². The minimum atomic E-state index is -1.11. The number of carboxylic acids is 1. The molecule has 2 aromatic carbocycles. The summed E-state index contributed by atoms with van der Waals surface area (Å²) in [4.78, 5) is 22.7. The van der Waals surface area contributed by atoms with Crippen LogP contribution in [0.15, 0.2) is 42.5 Å². The minimum Gasteiger partial charge on any atom is -0.480 e. The Morgan fingerprint density at radius 2 is 2.05 bits per heavy atom. The second-order valence-electron chi connectivity index (χ2n) is 5.48. The van der Waals surface area contributed by atoms with Crippen LogP contribution in [0, 0.1) is 0 Å². The van der Waals surface area contributed by atoms with Crippen molar-refractivity contribution >= 4 is 22.6 Å². The van der Waals surface area contributed by atoms with Gasteiger partial charge in [-0.2, -0.15) is 0 Å². The molecule has 0 bridgehead atoms. The zero-order chi connectivity index (χ0) is 15.7. The maximum Gasteiger partial charge on any atom is 0.322 e. The van der Waals surface area contributed by atoms with E-state index in [1.54, 1.807) is 5.01 Å². The van der Waals surface area contributed by atoms with Gasteiger partial charge >= 0.3 is 5.97 Å². The summed E-state index contributed by atoms with van der Waals surface area (Å²) in [6.07, 6.45) is 0.0983. The monoisotopic (exact) mass is 299 g/mol. The molecule has 6 nitrogen and oxygen atoms in total. The molecule has 22 heavy (non-hydrogen) atoms. The van der Waals surface area contributed by atoms with Crippen LogP contribution < -0.4 is 11.2 Å². The van der Waals surface area contributed by atoms with Gasteiger partial charge in [0, 0.05) is 13.0 Å². The molecule has 0 aliphatic carbocycles. The smallest absolute Gasteiger partial charge is 0.322 e. The van der Waals surface area contributed by atoms with E-state index in [2.05, 4.69) is 5.43 Å². The average Bonchev–Trinajstić information content (AvgIpc) is 2.86. The summed E-state index contributed by atoms with van der Waals surface area (Å²) in [7, 11) is 0. The predicted octanol–water partition coefficient (Wildman–Crippen LogP) is 0.857. The molecule has 6 heteroatoms. The van der Waals surface area contributed by atoms with Crippen LogP contribution in [-0.4, -0.2) is 34.1 Å². The first-order chi connectivity index (χ1) is 10.5. The summed E-state index contributed by atoms with van der Waals surface area (Å²) in [6.45, 7) is 0.419. The van der Waals surface area contributed by atoms with Gasteiger partial charge in [0.05, 0.1) is 6.04 Å². The molecule has 1 amide bonds. The minimum absolute atomic E-state index is 0.0983. The van der Waals surface area contributed by atoms with Crippen molar-refractivity contribution in [3.8, 4) is 0 Å². The molecule has 114 valence electrons.